The quantitative estimate of drug-likeness (QED) is 0.776. The van der Waals surface area contributed by atoms with Crippen molar-refractivity contribution in [1.29, 1.82) is 0 Å². The van der Waals surface area contributed by atoms with E-state index in [1.54, 1.807) is 48.5 Å². The molecule has 0 unspecified atom stereocenters. The zero-order chi connectivity index (χ0) is 16.7. The number of hydrogen-bond donors (Lipinski definition) is 2. The minimum absolute atomic E-state index is 0.0981. The molecule has 5 nitrogen and oxygen atoms in total. The average molecular weight is 353 g/mol. The molecule has 0 atom stereocenters. The molecule has 0 aliphatic rings. The van der Waals surface area contributed by atoms with Crippen molar-refractivity contribution in [3.05, 3.63) is 48.5 Å². The van der Waals surface area contributed by atoms with Gasteiger partial charge in [0.05, 0.1) is 0 Å². The van der Waals surface area contributed by atoms with Crippen LogP contribution in [0.25, 0.3) is 0 Å². The molecule has 0 radical (unpaired) electrons. The van der Waals surface area contributed by atoms with E-state index in [1.165, 1.54) is 0 Å². The van der Waals surface area contributed by atoms with Gasteiger partial charge in [-0.1, -0.05) is 6.07 Å². The lowest BCUT2D eigenvalue weighted by atomic mass is 10.2. The van der Waals surface area contributed by atoms with E-state index in [1.807, 2.05) is 0 Å². The Balaban J connectivity index is 2.03. The first kappa shape index (κ1) is 17.1. The molecule has 0 spiro atoms. The number of halogens is 2. The second-order valence-corrected chi connectivity index (χ2v) is 5.05. The first-order valence-corrected chi connectivity index (χ1v) is 7.77. The molecule has 0 bridgehead atoms. The normalized spacial score (nSPS) is 10.0. The molecule has 120 valence electrons. The lowest BCUT2D eigenvalue weighted by molar-refractivity contribution is -0.114. The minimum Gasteiger partial charge on any atom is -0.457 e. The summed E-state index contributed by atoms with van der Waals surface area (Å²) in [5.41, 5.74) is 1.23. The van der Waals surface area contributed by atoms with Gasteiger partial charge in [-0.25, -0.2) is 0 Å². The third kappa shape index (κ3) is 5.47. The Morgan fingerprint density at radius 3 is 2.04 bits per heavy atom. The van der Waals surface area contributed by atoms with Crippen molar-refractivity contribution in [3.8, 4) is 11.5 Å². The highest BCUT2D eigenvalue weighted by atomic mass is 35.5. The lowest BCUT2D eigenvalue weighted by Gasteiger charge is -2.09. The van der Waals surface area contributed by atoms with Gasteiger partial charge in [-0.2, -0.15) is 0 Å². The number of amides is 2. The van der Waals surface area contributed by atoms with Crippen molar-refractivity contribution in [1.82, 2.24) is 0 Å². The molecule has 0 heterocycles. The molecule has 0 fully saturated rings. The van der Waals surface area contributed by atoms with Crippen molar-refractivity contribution in [2.24, 2.45) is 0 Å². The number of anilines is 2. The van der Waals surface area contributed by atoms with Crippen LogP contribution < -0.4 is 15.4 Å². The van der Waals surface area contributed by atoms with E-state index in [9.17, 15) is 9.59 Å². The van der Waals surface area contributed by atoms with Crippen molar-refractivity contribution in [3.63, 3.8) is 0 Å². The fourth-order valence-corrected chi connectivity index (χ4v) is 1.90. The molecular formula is C16H14Cl2N2O3. The highest BCUT2D eigenvalue weighted by Crippen LogP contribution is 2.25. The predicted octanol–water partition coefficient (Wildman–Crippen LogP) is 3.83. The second kappa shape index (κ2) is 8.41. The summed E-state index contributed by atoms with van der Waals surface area (Å²) in [4.78, 5) is 22.5. The fraction of sp³-hybridized carbons (Fsp3) is 0.125. The Morgan fingerprint density at radius 2 is 1.43 bits per heavy atom. The van der Waals surface area contributed by atoms with Crippen LogP contribution in [0.1, 0.15) is 0 Å². The number of carbonyl (C=O) groups excluding carboxylic acids is 2. The SMILES string of the molecule is O=C(CCl)Nc1ccc(Oc2cccc(NC(=O)CCl)c2)cc1. The lowest BCUT2D eigenvalue weighted by Crippen LogP contribution is -2.12. The average Bonchev–Trinajstić information content (AvgIpc) is 2.56. The van der Waals surface area contributed by atoms with Gasteiger partial charge in [0.25, 0.3) is 0 Å². The molecule has 23 heavy (non-hydrogen) atoms. The number of hydrogen-bond acceptors (Lipinski definition) is 3. The van der Waals surface area contributed by atoms with Gasteiger partial charge in [0.15, 0.2) is 0 Å². The minimum atomic E-state index is -0.289. The molecular weight excluding hydrogens is 339 g/mol. The highest BCUT2D eigenvalue weighted by Gasteiger charge is 2.04. The zero-order valence-corrected chi connectivity index (χ0v) is 13.5. The van der Waals surface area contributed by atoms with E-state index >= 15 is 0 Å². The van der Waals surface area contributed by atoms with Crippen LogP contribution in [0.3, 0.4) is 0 Å². The summed E-state index contributed by atoms with van der Waals surface area (Å²) in [5.74, 6) is 0.385. The third-order valence-electron chi connectivity index (χ3n) is 2.73. The molecule has 0 aliphatic carbocycles. The highest BCUT2D eigenvalue weighted by molar-refractivity contribution is 6.29. The molecule has 2 amide bonds. The third-order valence-corrected chi connectivity index (χ3v) is 3.22. The Hall–Kier alpha value is -2.24. The Bertz CT molecular complexity index is 690. The van der Waals surface area contributed by atoms with Crippen molar-refractivity contribution in [2.75, 3.05) is 22.4 Å². The number of nitrogens with one attached hydrogen (secondary N) is 2. The molecule has 0 saturated carbocycles. The van der Waals surface area contributed by atoms with Crippen LogP contribution in [0.2, 0.25) is 0 Å². The van der Waals surface area contributed by atoms with Crippen LogP contribution in [-0.4, -0.2) is 23.6 Å². The summed E-state index contributed by atoms with van der Waals surface area (Å²) in [7, 11) is 0. The van der Waals surface area contributed by atoms with E-state index in [0.29, 0.717) is 22.9 Å². The van der Waals surface area contributed by atoms with Crippen molar-refractivity contribution < 1.29 is 14.3 Å². The molecule has 2 N–H and O–H groups in total. The van der Waals surface area contributed by atoms with Gasteiger partial charge in [-0.3, -0.25) is 9.59 Å². The predicted molar refractivity (Wildman–Crippen MR) is 91.7 cm³/mol. The Kier molecular flexibility index (Phi) is 6.26. The van der Waals surface area contributed by atoms with E-state index in [2.05, 4.69) is 10.6 Å². The Morgan fingerprint density at radius 1 is 0.826 bits per heavy atom. The smallest absolute Gasteiger partial charge is 0.239 e. The van der Waals surface area contributed by atoms with Crippen LogP contribution in [0, 0.1) is 0 Å². The summed E-state index contributed by atoms with van der Waals surface area (Å²) in [5, 5.41) is 5.28. The van der Waals surface area contributed by atoms with Gasteiger partial charge >= 0.3 is 0 Å². The Labute approximate surface area is 143 Å². The molecule has 0 saturated heterocycles. The molecule has 2 aromatic carbocycles. The topological polar surface area (TPSA) is 67.4 Å². The number of benzene rings is 2. The van der Waals surface area contributed by atoms with Gasteiger partial charge in [-0.05, 0) is 36.4 Å². The first-order valence-electron chi connectivity index (χ1n) is 6.70. The summed E-state index contributed by atoms with van der Waals surface area (Å²) in [6, 6.07) is 13.8. The number of carbonyl (C=O) groups is 2. The van der Waals surface area contributed by atoms with Crippen molar-refractivity contribution >= 4 is 46.4 Å². The van der Waals surface area contributed by atoms with E-state index in [0.717, 1.165) is 0 Å². The summed E-state index contributed by atoms with van der Waals surface area (Å²) >= 11 is 10.9. The summed E-state index contributed by atoms with van der Waals surface area (Å²) in [6.45, 7) is 0. The maximum Gasteiger partial charge on any atom is 0.239 e. The van der Waals surface area contributed by atoms with Crippen LogP contribution in [0.15, 0.2) is 48.5 Å². The van der Waals surface area contributed by atoms with Crippen LogP contribution >= 0.6 is 23.2 Å². The van der Waals surface area contributed by atoms with Crippen LogP contribution in [-0.2, 0) is 9.59 Å². The molecule has 0 aromatic heterocycles. The van der Waals surface area contributed by atoms with Crippen molar-refractivity contribution in [2.45, 2.75) is 0 Å². The number of alkyl halides is 2. The van der Waals surface area contributed by atoms with Gasteiger partial charge < -0.3 is 15.4 Å². The molecule has 2 rings (SSSR count). The molecule has 7 heteroatoms. The van der Waals surface area contributed by atoms with E-state index in [-0.39, 0.29) is 23.6 Å². The monoisotopic (exact) mass is 352 g/mol. The van der Waals surface area contributed by atoms with Crippen LogP contribution in [0.4, 0.5) is 11.4 Å². The largest absolute Gasteiger partial charge is 0.457 e. The number of ether oxygens (including phenoxy) is 1. The second-order valence-electron chi connectivity index (χ2n) is 4.52. The fourth-order valence-electron chi connectivity index (χ4n) is 1.77. The van der Waals surface area contributed by atoms with Gasteiger partial charge in [0, 0.05) is 17.4 Å². The molecule has 2 aromatic rings. The van der Waals surface area contributed by atoms with E-state index < -0.39 is 0 Å². The van der Waals surface area contributed by atoms with Gasteiger partial charge in [-0.15, -0.1) is 23.2 Å². The first-order chi connectivity index (χ1) is 11.1. The maximum absolute atomic E-state index is 11.3. The van der Waals surface area contributed by atoms with Crippen LogP contribution in [0.5, 0.6) is 11.5 Å². The zero-order valence-electron chi connectivity index (χ0n) is 12.0. The summed E-state index contributed by atoms with van der Waals surface area (Å²) < 4.78 is 5.70. The summed E-state index contributed by atoms with van der Waals surface area (Å²) in [6.07, 6.45) is 0. The van der Waals surface area contributed by atoms with Gasteiger partial charge in [0.1, 0.15) is 23.3 Å². The molecule has 0 aliphatic heterocycles. The standard InChI is InChI=1S/C16H14Cl2N2O3/c17-9-15(21)19-11-4-6-13(7-5-11)23-14-3-1-2-12(8-14)20-16(22)10-18/h1-8H,9-10H2,(H,19,21)(H,20,22). The van der Waals surface area contributed by atoms with E-state index in [4.69, 9.17) is 27.9 Å². The number of rotatable bonds is 6. The van der Waals surface area contributed by atoms with Gasteiger partial charge in [0.2, 0.25) is 11.8 Å². The maximum atomic E-state index is 11.3.